The van der Waals surface area contributed by atoms with Crippen LogP contribution in [0.25, 0.3) is 0 Å². The third-order valence-electron chi connectivity index (χ3n) is 3.49. The van der Waals surface area contributed by atoms with Crippen molar-refractivity contribution in [2.45, 2.75) is 12.5 Å². The van der Waals surface area contributed by atoms with Gasteiger partial charge in [-0.25, -0.2) is 4.39 Å². The fourth-order valence-electron chi connectivity index (χ4n) is 2.42. The van der Waals surface area contributed by atoms with E-state index < -0.39 is 6.10 Å². The van der Waals surface area contributed by atoms with Crippen LogP contribution in [0.15, 0.2) is 42.5 Å². The average molecular weight is 287 g/mol. The number of hydrogen-bond acceptors (Lipinski definition) is 3. The summed E-state index contributed by atoms with van der Waals surface area (Å²) in [6.07, 6.45) is -0.457. The third kappa shape index (κ3) is 2.54. The van der Waals surface area contributed by atoms with Crippen LogP contribution in [0.3, 0.4) is 0 Å². The lowest BCUT2D eigenvalue weighted by atomic mass is 10.0. The summed E-state index contributed by atoms with van der Waals surface area (Å²) in [7, 11) is 1.65. The Bertz CT molecular complexity index is 702. The van der Waals surface area contributed by atoms with Gasteiger partial charge in [-0.3, -0.25) is 4.79 Å². The van der Waals surface area contributed by atoms with Gasteiger partial charge in [0.05, 0.1) is 5.69 Å². The van der Waals surface area contributed by atoms with Gasteiger partial charge in [-0.1, -0.05) is 12.1 Å². The second kappa shape index (κ2) is 5.09. The van der Waals surface area contributed by atoms with E-state index >= 15 is 0 Å². The van der Waals surface area contributed by atoms with Gasteiger partial charge >= 0.3 is 0 Å². The molecule has 0 saturated heterocycles. The summed E-state index contributed by atoms with van der Waals surface area (Å²) in [5, 5.41) is 9.52. The first kappa shape index (κ1) is 13.4. The maximum absolute atomic E-state index is 13.2. The highest BCUT2D eigenvalue weighted by atomic mass is 19.1. The van der Waals surface area contributed by atoms with Crippen LogP contribution in [-0.2, 0) is 11.2 Å². The summed E-state index contributed by atoms with van der Waals surface area (Å²) >= 11 is 0. The molecule has 0 radical (unpaired) electrons. The molecule has 108 valence electrons. The highest BCUT2D eigenvalue weighted by molar-refractivity contribution is 5.99. The van der Waals surface area contributed by atoms with Crippen LogP contribution in [0.1, 0.15) is 5.56 Å². The predicted molar refractivity (Wildman–Crippen MR) is 76.0 cm³/mol. The summed E-state index contributed by atoms with van der Waals surface area (Å²) in [5.41, 5.74) is 1.29. The van der Waals surface area contributed by atoms with Gasteiger partial charge in [0.2, 0.25) is 0 Å². The number of amides is 1. The zero-order valence-corrected chi connectivity index (χ0v) is 11.4. The largest absolute Gasteiger partial charge is 0.508 e. The monoisotopic (exact) mass is 287 g/mol. The third-order valence-corrected chi connectivity index (χ3v) is 3.49. The molecule has 5 heteroatoms. The van der Waals surface area contributed by atoms with E-state index in [2.05, 4.69) is 0 Å². The topological polar surface area (TPSA) is 49.8 Å². The lowest BCUT2D eigenvalue weighted by Crippen LogP contribution is -2.44. The zero-order chi connectivity index (χ0) is 15.0. The van der Waals surface area contributed by atoms with E-state index in [1.54, 1.807) is 25.2 Å². The number of nitrogens with zero attached hydrogens (tertiary/aromatic N) is 1. The smallest absolute Gasteiger partial charge is 0.268 e. The van der Waals surface area contributed by atoms with Crippen molar-refractivity contribution in [3.63, 3.8) is 0 Å². The summed E-state index contributed by atoms with van der Waals surface area (Å²) in [4.78, 5) is 13.8. The number of phenols is 1. The maximum atomic E-state index is 13.2. The van der Waals surface area contributed by atoms with E-state index in [-0.39, 0.29) is 23.9 Å². The molecule has 0 saturated carbocycles. The van der Waals surface area contributed by atoms with E-state index in [9.17, 15) is 14.3 Å². The van der Waals surface area contributed by atoms with Gasteiger partial charge in [0.1, 0.15) is 17.3 Å². The first-order valence-corrected chi connectivity index (χ1v) is 6.56. The van der Waals surface area contributed by atoms with Crippen LogP contribution < -0.4 is 9.64 Å². The minimum absolute atomic E-state index is 0.0704. The number of ether oxygens (including phenoxy) is 1. The molecule has 1 atom stereocenters. The molecule has 0 fully saturated rings. The Hall–Kier alpha value is -2.56. The molecule has 1 aliphatic heterocycles. The minimum Gasteiger partial charge on any atom is -0.508 e. The maximum Gasteiger partial charge on any atom is 0.268 e. The average Bonchev–Trinajstić information content (AvgIpc) is 2.44. The normalized spacial score (nSPS) is 17.3. The molecule has 0 spiro atoms. The number of rotatable bonds is 2. The van der Waals surface area contributed by atoms with Gasteiger partial charge in [-0.05, 0) is 29.8 Å². The number of aromatic hydroxyl groups is 1. The number of benzene rings is 2. The first-order chi connectivity index (χ1) is 10.0. The van der Waals surface area contributed by atoms with Crippen molar-refractivity contribution in [1.29, 1.82) is 0 Å². The van der Waals surface area contributed by atoms with Gasteiger partial charge in [0, 0.05) is 19.5 Å². The minimum atomic E-state index is -0.730. The molecule has 2 aromatic carbocycles. The fraction of sp³-hybridized carbons (Fsp3) is 0.188. The molecule has 2 aromatic rings. The Labute approximate surface area is 121 Å². The molecular weight excluding hydrogens is 273 g/mol. The lowest BCUT2D eigenvalue weighted by Gasteiger charge is -2.32. The number of carbonyl (C=O) groups is 1. The Morgan fingerprint density at radius 3 is 2.86 bits per heavy atom. The van der Waals surface area contributed by atoms with Gasteiger partial charge < -0.3 is 14.7 Å². The second-order valence-corrected chi connectivity index (χ2v) is 4.99. The Morgan fingerprint density at radius 2 is 2.10 bits per heavy atom. The summed E-state index contributed by atoms with van der Waals surface area (Å²) in [6, 6.07) is 10.7. The zero-order valence-electron chi connectivity index (χ0n) is 11.4. The molecule has 1 unspecified atom stereocenters. The van der Waals surface area contributed by atoms with Crippen molar-refractivity contribution in [1.82, 2.24) is 0 Å². The SMILES string of the molecule is CN1C(=O)C(Cc2cccc(F)c2)Oc2cc(O)ccc21. The molecule has 1 aliphatic rings. The van der Waals surface area contributed by atoms with Gasteiger partial charge in [-0.2, -0.15) is 0 Å². The Morgan fingerprint density at radius 1 is 1.29 bits per heavy atom. The van der Waals surface area contributed by atoms with Crippen molar-refractivity contribution in [2.24, 2.45) is 0 Å². The second-order valence-electron chi connectivity index (χ2n) is 4.99. The number of carbonyl (C=O) groups excluding carboxylic acids is 1. The van der Waals surface area contributed by atoms with E-state index in [1.165, 1.54) is 29.2 Å². The van der Waals surface area contributed by atoms with Gasteiger partial charge in [0.15, 0.2) is 6.10 Å². The van der Waals surface area contributed by atoms with Crippen LogP contribution in [0, 0.1) is 5.82 Å². The number of anilines is 1. The van der Waals surface area contributed by atoms with Crippen LogP contribution in [0.5, 0.6) is 11.5 Å². The van der Waals surface area contributed by atoms with E-state index in [1.807, 2.05) is 0 Å². The van der Waals surface area contributed by atoms with E-state index in [0.717, 1.165) is 0 Å². The number of fused-ring (bicyclic) bond motifs is 1. The highest BCUT2D eigenvalue weighted by Gasteiger charge is 2.32. The lowest BCUT2D eigenvalue weighted by molar-refractivity contribution is -0.125. The number of hydrogen-bond donors (Lipinski definition) is 1. The van der Waals surface area contributed by atoms with E-state index in [0.29, 0.717) is 17.0 Å². The molecule has 1 N–H and O–H groups in total. The van der Waals surface area contributed by atoms with Gasteiger partial charge in [0.25, 0.3) is 5.91 Å². The fourth-order valence-corrected chi connectivity index (χ4v) is 2.42. The molecule has 0 aromatic heterocycles. The standard InChI is InChI=1S/C16H14FNO3/c1-18-13-6-5-12(19)9-14(13)21-15(16(18)20)8-10-3-2-4-11(17)7-10/h2-7,9,15,19H,8H2,1H3. The van der Waals surface area contributed by atoms with Crippen LogP contribution in [0.2, 0.25) is 0 Å². The number of halogens is 1. The Balaban J connectivity index is 1.89. The Kier molecular flexibility index (Phi) is 3.25. The van der Waals surface area contributed by atoms with Crippen molar-refractivity contribution < 1.29 is 19.0 Å². The van der Waals surface area contributed by atoms with Crippen molar-refractivity contribution in [3.05, 3.63) is 53.8 Å². The van der Waals surface area contributed by atoms with Crippen LogP contribution in [0.4, 0.5) is 10.1 Å². The molecule has 21 heavy (non-hydrogen) atoms. The first-order valence-electron chi connectivity index (χ1n) is 6.56. The number of phenolic OH excluding ortho intramolecular Hbond substituents is 1. The van der Waals surface area contributed by atoms with Crippen molar-refractivity contribution in [3.8, 4) is 11.5 Å². The molecule has 3 rings (SSSR count). The quantitative estimate of drug-likeness (QED) is 0.923. The van der Waals surface area contributed by atoms with E-state index in [4.69, 9.17) is 4.74 Å². The molecule has 4 nitrogen and oxygen atoms in total. The van der Waals surface area contributed by atoms with Crippen molar-refractivity contribution in [2.75, 3.05) is 11.9 Å². The predicted octanol–water partition coefficient (Wildman–Crippen LogP) is 2.50. The summed E-state index contributed by atoms with van der Waals surface area (Å²) < 4.78 is 18.9. The molecule has 1 amide bonds. The highest BCUT2D eigenvalue weighted by Crippen LogP contribution is 2.36. The molecule has 0 bridgehead atoms. The summed E-state index contributed by atoms with van der Waals surface area (Å²) in [5.74, 6) is -0.0286. The summed E-state index contributed by atoms with van der Waals surface area (Å²) in [6.45, 7) is 0. The molecular formula is C16H14FNO3. The molecule has 0 aliphatic carbocycles. The van der Waals surface area contributed by atoms with Gasteiger partial charge in [-0.15, -0.1) is 0 Å². The number of likely N-dealkylation sites (N-methyl/N-ethyl adjacent to an activating group) is 1. The van der Waals surface area contributed by atoms with Crippen molar-refractivity contribution >= 4 is 11.6 Å². The van der Waals surface area contributed by atoms with Crippen LogP contribution >= 0.6 is 0 Å². The molecule has 1 heterocycles. The van der Waals surface area contributed by atoms with Crippen LogP contribution in [-0.4, -0.2) is 24.2 Å².